The van der Waals surface area contributed by atoms with Gasteiger partial charge >= 0.3 is 0 Å². The van der Waals surface area contributed by atoms with Gasteiger partial charge in [-0.3, -0.25) is 4.79 Å². The van der Waals surface area contributed by atoms with E-state index in [4.69, 9.17) is 0 Å². The number of nitrogens with zero attached hydrogens (tertiary/aromatic N) is 1. The minimum Gasteiger partial charge on any atom is -0.321 e. The minimum atomic E-state index is -0.399. The first-order valence-corrected chi connectivity index (χ1v) is 8.06. The molecule has 3 nitrogen and oxygen atoms in total. The normalized spacial score (nSPS) is 11.2. The quantitative estimate of drug-likeness (QED) is 0.544. The number of amides is 1. The van der Waals surface area contributed by atoms with Gasteiger partial charge in [-0.2, -0.15) is 5.26 Å². The molecule has 0 aliphatic rings. The van der Waals surface area contributed by atoms with Gasteiger partial charge in [-0.25, -0.2) is 0 Å². The molecule has 0 fully saturated rings. The molecule has 25 heavy (non-hydrogen) atoms. The molecular formula is C22H18N2O. The molecule has 1 amide bonds. The van der Waals surface area contributed by atoms with E-state index in [-0.39, 0.29) is 5.57 Å². The fraction of sp³-hybridized carbons (Fsp3) is 0.0909. The molecule has 122 valence electrons. The van der Waals surface area contributed by atoms with Crippen molar-refractivity contribution in [2.24, 2.45) is 0 Å². The van der Waals surface area contributed by atoms with Crippen molar-refractivity contribution in [1.82, 2.24) is 0 Å². The lowest BCUT2D eigenvalue weighted by Gasteiger charge is -2.09. The van der Waals surface area contributed by atoms with E-state index in [1.807, 2.05) is 80.6 Å². The van der Waals surface area contributed by atoms with Gasteiger partial charge in [-0.05, 0) is 53.5 Å². The maximum absolute atomic E-state index is 12.5. The molecule has 3 aromatic rings. The number of anilines is 1. The Morgan fingerprint density at radius 2 is 1.80 bits per heavy atom. The zero-order valence-electron chi connectivity index (χ0n) is 14.2. The zero-order valence-corrected chi connectivity index (χ0v) is 14.2. The van der Waals surface area contributed by atoms with Crippen molar-refractivity contribution in [1.29, 1.82) is 5.26 Å². The number of hydrogen-bond donors (Lipinski definition) is 1. The van der Waals surface area contributed by atoms with Crippen LogP contribution in [-0.4, -0.2) is 5.91 Å². The van der Waals surface area contributed by atoms with E-state index in [0.717, 1.165) is 33.2 Å². The molecule has 3 heteroatoms. The highest BCUT2D eigenvalue weighted by molar-refractivity contribution is 6.11. The first kappa shape index (κ1) is 16.5. The van der Waals surface area contributed by atoms with E-state index in [1.165, 1.54) is 0 Å². The number of benzene rings is 3. The maximum atomic E-state index is 12.5. The van der Waals surface area contributed by atoms with Crippen molar-refractivity contribution in [3.63, 3.8) is 0 Å². The third kappa shape index (κ3) is 3.59. The van der Waals surface area contributed by atoms with Gasteiger partial charge in [-0.15, -0.1) is 0 Å². The van der Waals surface area contributed by atoms with Crippen LogP contribution in [0.3, 0.4) is 0 Å². The Labute approximate surface area is 147 Å². The standard InChI is InChI=1S/C22H18N2O/c1-15-10-11-16(2)21(12-15)24-22(25)19(14-23)13-18-8-5-7-17-6-3-4-9-20(17)18/h3-13H,1-2H3,(H,24,25). The van der Waals surface area contributed by atoms with Crippen molar-refractivity contribution < 1.29 is 4.79 Å². The van der Waals surface area contributed by atoms with Crippen molar-refractivity contribution >= 4 is 28.4 Å². The largest absolute Gasteiger partial charge is 0.321 e. The van der Waals surface area contributed by atoms with Gasteiger partial charge < -0.3 is 5.32 Å². The van der Waals surface area contributed by atoms with Crippen LogP contribution in [0.2, 0.25) is 0 Å². The Bertz CT molecular complexity index is 1020. The Kier molecular flexibility index (Phi) is 4.63. The van der Waals surface area contributed by atoms with E-state index in [0.29, 0.717) is 0 Å². The molecule has 0 radical (unpaired) electrons. The van der Waals surface area contributed by atoms with Crippen molar-refractivity contribution in [2.45, 2.75) is 13.8 Å². The van der Waals surface area contributed by atoms with E-state index in [2.05, 4.69) is 5.32 Å². The number of nitrogens with one attached hydrogen (secondary N) is 1. The van der Waals surface area contributed by atoms with Crippen LogP contribution in [0.5, 0.6) is 0 Å². The smallest absolute Gasteiger partial charge is 0.266 e. The van der Waals surface area contributed by atoms with Crippen LogP contribution >= 0.6 is 0 Å². The maximum Gasteiger partial charge on any atom is 0.266 e. The number of nitriles is 1. The second-order valence-corrected chi connectivity index (χ2v) is 6.01. The van der Waals surface area contributed by atoms with E-state index < -0.39 is 5.91 Å². The number of rotatable bonds is 3. The van der Waals surface area contributed by atoms with Crippen LogP contribution in [0, 0.1) is 25.2 Å². The van der Waals surface area contributed by atoms with Gasteiger partial charge in [0.25, 0.3) is 5.91 Å². The third-order valence-electron chi connectivity index (χ3n) is 4.13. The second-order valence-electron chi connectivity index (χ2n) is 6.01. The first-order chi connectivity index (χ1) is 12.1. The van der Waals surface area contributed by atoms with Gasteiger partial charge in [-0.1, -0.05) is 54.6 Å². The second kappa shape index (κ2) is 7.02. The summed E-state index contributed by atoms with van der Waals surface area (Å²) in [4.78, 5) is 12.5. The highest BCUT2D eigenvalue weighted by atomic mass is 16.1. The molecule has 0 unspecified atom stereocenters. The molecule has 0 aliphatic carbocycles. The zero-order chi connectivity index (χ0) is 17.8. The van der Waals surface area contributed by atoms with Gasteiger partial charge in [0.2, 0.25) is 0 Å². The lowest BCUT2D eigenvalue weighted by molar-refractivity contribution is -0.112. The fourth-order valence-corrected chi connectivity index (χ4v) is 2.74. The molecule has 0 atom stereocenters. The first-order valence-electron chi connectivity index (χ1n) is 8.06. The Morgan fingerprint density at radius 1 is 1.04 bits per heavy atom. The Balaban J connectivity index is 1.96. The molecule has 1 N–H and O–H groups in total. The topological polar surface area (TPSA) is 52.9 Å². The molecule has 0 aliphatic heterocycles. The van der Waals surface area contributed by atoms with Crippen LogP contribution < -0.4 is 5.32 Å². The highest BCUT2D eigenvalue weighted by Gasteiger charge is 2.11. The van der Waals surface area contributed by atoms with E-state index in [1.54, 1.807) is 6.08 Å². The molecule has 0 bridgehead atoms. The number of carbonyl (C=O) groups is 1. The van der Waals surface area contributed by atoms with Crippen molar-refractivity contribution in [3.05, 3.63) is 82.9 Å². The monoisotopic (exact) mass is 326 g/mol. The summed E-state index contributed by atoms with van der Waals surface area (Å²) in [6.07, 6.45) is 1.64. The number of carbonyl (C=O) groups excluding carboxylic acids is 1. The average molecular weight is 326 g/mol. The molecule has 3 aromatic carbocycles. The lowest BCUT2D eigenvalue weighted by Crippen LogP contribution is -2.14. The Morgan fingerprint density at radius 3 is 2.60 bits per heavy atom. The average Bonchev–Trinajstić information content (AvgIpc) is 2.62. The molecule has 0 aromatic heterocycles. The fourth-order valence-electron chi connectivity index (χ4n) is 2.74. The summed E-state index contributed by atoms with van der Waals surface area (Å²) >= 11 is 0. The van der Waals surface area contributed by atoms with Crippen LogP contribution in [-0.2, 0) is 4.79 Å². The molecule has 0 saturated carbocycles. The SMILES string of the molecule is Cc1ccc(C)c(NC(=O)C(C#N)=Cc2cccc3ccccc23)c1. The molecule has 3 rings (SSSR count). The third-order valence-corrected chi connectivity index (χ3v) is 4.13. The van der Waals surface area contributed by atoms with Gasteiger partial charge in [0.1, 0.15) is 11.6 Å². The number of hydrogen-bond acceptors (Lipinski definition) is 2. The van der Waals surface area contributed by atoms with Crippen molar-refractivity contribution in [2.75, 3.05) is 5.32 Å². The highest BCUT2D eigenvalue weighted by Crippen LogP contribution is 2.22. The van der Waals surface area contributed by atoms with Gasteiger partial charge in [0.15, 0.2) is 0 Å². The lowest BCUT2D eigenvalue weighted by atomic mass is 10.0. The summed E-state index contributed by atoms with van der Waals surface area (Å²) in [7, 11) is 0. The van der Waals surface area contributed by atoms with Crippen LogP contribution in [0.15, 0.2) is 66.2 Å². The van der Waals surface area contributed by atoms with Crippen LogP contribution in [0.4, 0.5) is 5.69 Å². The predicted molar refractivity (Wildman–Crippen MR) is 102 cm³/mol. The number of fused-ring (bicyclic) bond motifs is 1. The summed E-state index contributed by atoms with van der Waals surface area (Å²) in [5.74, 6) is -0.399. The summed E-state index contributed by atoms with van der Waals surface area (Å²) < 4.78 is 0. The van der Waals surface area contributed by atoms with Crippen LogP contribution in [0.25, 0.3) is 16.8 Å². The molecule has 0 heterocycles. The van der Waals surface area contributed by atoms with E-state index in [9.17, 15) is 10.1 Å². The Hall–Kier alpha value is -3.38. The molecule has 0 saturated heterocycles. The summed E-state index contributed by atoms with van der Waals surface area (Å²) in [6.45, 7) is 3.89. The predicted octanol–water partition coefficient (Wildman–Crippen LogP) is 5.00. The van der Waals surface area contributed by atoms with Crippen molar-refractivity contribution in [3.8, 4) is 6.07 Å². The molecular weight excluding hydrogens is 308 g/mol. The summed E-state index contributed by atoms with van der Waals surface area (Å²) in [5.41, 5.74) is 3.67. The van der Waals surface area contributed by atoms with Gasteiger partial charge in [0, 0.05) is 5.69 Å². The van der Waals surface area contributed by atoms with Crippen LogP contribution in [0.1, 0.15) is 16.7 Å². The summed E-state index contributed by atoms with van der Waals surface area (Å²) in [6, 6.07) is 21.6. The minimum absolute atomic E-state index is 0.0808. The van der Waals surface area contributed by atoms with E-state index >= 15 is 0 Å². The molecule has 0 spiro atoms. The summed E-state index contributed by atoms with van der Waals surface area (Å²) in [5, 5.41) is 14.4. The number of aryl methyl sites for hydroxylation is 2. The van der Waals surface area contributed by atoms with Gasteiger partial charge in [0.05, 0.1) is 0 Å².